The SMILES string of the molecule is CCOC(=O)COc1c2cc(C#Cc3cccc4ccccc34)cc1Cc1cc(C#Cc3cccc4ccccc34)cc(c1OCC(=O)OCC)Cc1cc(C#Cc3cccc4ccccc34)cc(c1OCC(=O)OCC)Cc1cc(C#Cc3cccc4ccccc34)cc(c1OCC(=O)OCC)C2. The fraction of sp³-hybridized carbons (Fsp3) is 0.174. The second-order valence-corrected chi connectivity index (χ2v) is 24.7. The summed E-state index contributed by atoms with van der Waals surface area (Å²) in [6, 6.07) is 71.9. The van der Waals surface area contributed by atoms with Gasteiger partial charge in [0.05, 0.1) is 26.4 Å². The number of hydrogen-bond donors (Lipinski definition) is 0. The van der Waals surface area contributed by atoms with Gasteiger partial charge in [-0.3, -0.25) is 0 Å². The van der Waals surface area contributed by atoms with Crippen molar-refractivity contribution in [2.45, 2.75) is 53.4 Å². The predicted octanol–water partition coefficient (Wildman–Crippen LogP) is 16.3. The first-order valence-electron chi connectivity index (χ1n) is 34.7. The van der Waals surface area contributed by atoms with Gasteiger partial charge < -0.3 is 37.9 Å². The maximum Gasteiger partial charge on any atom is 0.344 e. The number of hydrogen-bond acceptors (Lipinski definition) is 12. The first kappa shape index (κ1) is 69.5. The Kier molecular flexibility index (Phi) is 22.0. The van der Waals surface area contributed by atoms with E-state index in [1.54, 1.807) is 27.7 Å². The number of rotatable bonds is 16. The van der Waals surface area contributed by atoms with Crippen LogP contribution in [0, 0.1) is 47.4 Å². The number of fused-ring (bicyclic) bond motifs is 12. The maximum atomic E-state index is 13.8. The highest BCUT2D eigenvalue weighted by Crippen LogP contribution is 2.42. The average molecular weight is 1370 g/mol. The summed E-state index contributed by atoms with van der Waals surface area (Å²) >= 11 is 0. The molecule has 0 aromatic heterocycles. The van der Waals surface area contributed by atoms with E-state index in [2.05, 4.69) is 47.4 Å². The standard InChI is InChI=1S/C92H72O12/c1-5-97-85(93)57-101-89-73-45-61(37-41-69-29-17-25-65-21-9-13-33-81(65)69)46-74(89)54-76-48-63(39-43-71-31-19-27-67-23-11-15-35-83(67)71)50-78(91(76)103-59-87(95)99-7-3)56-80-52-64(40-44-72-32-20-28-68-24-12-16-36-84(68)72)51-79(92(80)104-60-88(96)100-8-4)55-77-49-62(47-75(53-73)90(77)102-58-86(94)98-6-2)38-42-70-30-18-26-66-22-10-14-34-82(66)70/h9-36,45-52H,5-8,53-60H2,1-4H3. The lowest BCUT2D eigenvalue weighted by Crippen LogP contribution is -2.19. The molecule has 13 rings (SSSR count). The quantitative estimate of drug-likeness (QED) is 0.0516. The molecule has 0 unspecified atom stereocenters. The highest BCUT2D eigenvalue weighted by Gasteiger charge is 2.27. The molecule has 0 aliphatic heterocycles. The number of carbonyl (C=O) groups excluding carboxylic acids is 4. The molecule has 0 amide bonds. The number of benzene rings is 12. The number of ether oxygens (including phenoxy) is 8. The minimum atomic E-state index is -0.604. The minimum Gasteiger partial charge on any atom is -0.481 e. The lowest BCUT2D eigenvalue weighted by atomic mass is 9.88. The van der Waals surface area contributed by atoms with Crippen LogP contribution in [0.1, 0.15) is 117 Å². The molecule has 12 aromatic carbocycles. The second kappa shape index (κ2) is 33.0. The van der Waals surface area contributed by atoms with Crippen molar-refractivity contribution in [1.82, 2.24) is 0 Å². The summed E-state index contributed by atoms with van der Waals surface area (Å²) in [5.41, 5.74) is 10.1. The van der Waals surface area contributed by atoms with Gasteiger partial charge in [-0.15, -0.1) is 0 Å². The van der Waals surface area contributed by atoms with Gasteiger partial charge in [-0.1, -0.05) is 193 Å². The molecule has 0 atom stereocenters. The van der Waals surface area contributed by atoms with Gasteiger partial charge in [0.2, 0.25) is 0 Å². The third-order valence-electron chi connectivity index (χ3n) is 17.6. The smallest absolute Gasteiger partial charge is 0.344 e. The van der Waals surface area contributed by atoms with E-state index in [-0.39, 0.29) is 52.1 Å². The van der Waals surface area contributed by atoms with Crippen molar-refractivity contribution in [3.05, 3.63) is 307 Å². The lowest BCUT2D eigenvalue weighted by molar-refractivity contribution is -0.146. The van der Waals surface area contributed by atoms with Gasteiger partial charge in [-0.2, -0.15) is 0 Å². The number of esters is 4. The van der Waals surface area contributed by atoms with E-state index in [1.165, 1.54) is 0 Å². The summed E-state index contributed by atoms with van der Waals surface area (Å²) in [5.74, 6) is 27.0. The minimum absolute atomic E-state index is 0.0336. The molecule has 0 fully saturated rings. The van der Waals surface area contributed by atoms with Gasteiger partial charge in [-0.05, 0) is 144 Å². The third-order valence-corrected chi connectivity index (χ3v) is 17.6. The van der Waals surface area contributed by atoms with Gasteiger partial charge in [0.25, 0.3) is 0 Å². The Hall–Kier alpha value is -13.0. The molecule has 0 spiro atoms. The molecule has 0 heterocycles. The highest BCUT2D eigenvalue weighted by atomic mass is 16.6. The zero-order chi connectivity index (χ0) is 71.7. The Balaban J connectivity index is 1.13. The summed E-state index contributed by atoms with van der Waals surface area (Å²) in [6.45, 7) is 5.43. The Morgan fingerprint density at radius 2 is 0.452 bits per heavy atom. The lowest BCUT2D eigenvalue weighted by Gasteiger charge is -2.23. The van der Waals surface area contributed by atoms with Crippen molar-refractivity contribution in [3.63, 3.8) is 0 Å². The van der Waals surface area contributed by atoms with E-state index in [0.717, 1.165) is 65.3 Å². The van der Waals surface area contributed by atoms with E-state index in [0.29, 0.717) is 89.8 Å². The summed E-state index contributed by atoms with van der Waals surface area (Å²) < 4.78 is 49.7. The molecular weight excluding hydrogens is 1300 g/mol. The van der Waals surface area contributed by atoms with Gasteiger partial charge in [0.15, 0.2) is 26.4 Å². The monoisotopic (exact) mass is 1370 g/mol. The van der Waals surface area contributed by atoms with Crippen molar-refractivity contribution >= 4 is 67.0 Å². The van der Waals surface area contributed by atoms with Gasteiger partial charge in [-0.25, -0.2) is 19.2 Å². The first-order chi connectivity index (χ1) is 51.0. The van der Waals surface area contributed by atoms with Crippen LogP contribution in [0.25, 0.3) is 43.1 Å². The van der Waals surface area contributed by atoms with E-state index < -0.39 is 50.3 Å². The first-order valence-corrected chi connectivity index (χ1v) is 34.7. The normalized spacial score (nSPS) is 11.3. The fourth-order valence-corrected chi connectivity index (χ4v) is 13.1. The van der Waals surface area contributed by atoms with Crippen LogP contribution in [-0.2, 0) is 63.8 Å². The molecule has 12 nitrogen and oxygen atoms in total. The molecule has 0 saturated heterocycles. The van der Waals surface area contributed by atoms with Crippen LogP contribution in [0.2, 0.25) is 0 Å². The molecule has 12 heteroatoms. The van der Waals surface area contributed by atoms with Crippen LogP contribution in [0.5, 0.6) is 23.0 Å². The Labute approximate surface area is 604 Å². The molecule has 512 valence electrons. The Bertz CT molecular complexity index is 4790. The van der Waals surface area contributed by atoms with Crippen molar-refractivity contribution in [2.24, 2.45) is 0 Å². The van der Waals surface area contributed by atoms with Gasteiger partial charge in [0, 0.05) is 115 Å². The largest absolute Gasteiger partial charge is 0.481 e. The van der Waals surface area contributed by atoms with Gasteiger partial charge in [0.1, 0.15) is 23.0 Å². The topological polar surface area (TPSA) is 142 Å². The van der Waals surface area contributed by atoms with Crippen LogP contribution < -0.4 is 18.9 Å². The summed E-state index contributed by atoms with van der Waals surface area (Å²) in [7, 11) is 0. The molecule has 8 bridgehead atoms. The molecular formula is C92H72O12. The van der Waals surface area contributed by atoms with Crippen molar-refractivity contribution < 1.29 is 57.1 Å². The number of carbonyl (C=O) groups is 4. The van der Waals surface area contributed by atoms with Crippen LogP contribution in [0.4, 0.5) is 0 Å². The average Bonchev–Trinajstić information content (AvgIpc) is 0.769. The van der Waals surface area contributed by atoms with E-state index in [4.69, 9.17) is 37.9 Å². The van der Waals surface area contributed by atoms with Crippen LogP contribution in [-0.4, -0.2) is 76.7 Å². The zero-order valence-corrected chi connectivity index (χ0v) is 58.2. The van der Waals surface area contributed by atoms with E-state index in [1.807, 2.05) is 218 Å². The van der Waals surface area contributed by atoms with E-state index in [9.17, 15) is 19.2 Å². The summed E-state index contributed by atoms with van der Waals surface area (Å²) in [6.07, 6.45) is 0.135. The predicted molar refractivity (Wildman–Crippen MR) is 405 cm³/mol. The molecule has 1 aliphatic rings. The van der Waals surface area contributed by atoms with Gasteiger partial charge >= 0.3 is 23.9 Å². The van der Waals surface area contributed by atoms with Crippen molar-refractivity contribution in [2.75, 3.05) is 52.9 Å². The summed E-state index contributed by atoms with van der Waals surface area (Å²) in [5, 5.41) is 7.97. The van der Waals surface area contributed by atoms with E-state index >= 15 is 0 Å². The molecule has 1 aliphatic carbocycles. The molecule has 0 N–H and O–H groups in total. The van der Waals surface area contributed by atoms with Crippen LogP contribution >= 0.6 is 0 Å². The van der Waals surface area contributed by atoms with Crippen LogP contribution in [0.15, 0.2) is 218 Å². The Morgan fingerprint density at radius 3 is 0.654 bits per heavy atom. The fourth-order valence-electron chi connectivity index (χ4n) is 13.1. The van der Waals surface area contributed by atoms with Crippen molar-refractivity contribution in [3.8, 4) is 70.4 Å². The van der Waals surface area contributed by atoms with Crippen LogP contribution in [0.3, 0.4) is 0 Å². The zero-order valence-electron chi connectivity index (χ0n) is 58.2. The molecule has 104 heavy (non-hydrogen) atoms. The highest BCUT2D eigenvalue weighted by molar-refractivity contribution is 5.91. The maximum absolute atomic E-state index is 13.8. The molecule has 12 aromatic rings. The molecule has 0 radical (unpaired) electrons. The third kappa shape index (κ3) is 16.7. The molecule has 0 saturated carbocycles. The van der Waals surface area contributed by atoms with Crippen molar-refractivity contribution in [1.29, 1.82) is 0 Å². The second-order valence-electron chi connectivity index (χ2n) is 24.7. The Morgan fingerprint density at radius 1 is 0.260 bits per heavy atom. The summed E-state index contributed by atoms with van der Waals surface area (Å²) in [4.78, 5) is 55.1.